The van der Waals surface area contributed by atoms with Gasteiger partial charge in [0, 0.05) is 13.1 Å². The lowest BCUT2D eigenvalue weighted by Crippen LogP contribution is -2.60. The predicted octanol–water partition coefficient (Wildman–Crippen LogP) is 2.02. The number of anilines is 1. The zero-order valence-corrected chi connectivity index (χ0v) is 22.9. The third-order valence-corrected chi connectivity index (χ3v) is 7.12. The molecule has 3 rings (SSSR count). The van der Waals surface area contributed by atoms with Gasteiger partial charge in [-0.3, -0.25) is 9.52 Å². The highest BCUT2D eigenvalue weighted by atomic mass is 32.2. The molecule has 12 nitrogen and oxygen atoms in total. The van der Waals surface area contributed by atoms with E-state index in [0.717, 1.165) is 0 Å². The van der Waals surface area contributed by atoms with Crippen LogP contribution in [0, 0.1) is 18.3 Å². The lowest BCUT2D eigenvalue weighted by atomic mass is 9.88. The van der Waals surface area contributed by atoms with Crippen molar-refractivity contribution >= 4 is 33.7 Å². The van der Waals surface area contributed by atoms with Crippen LogP contribution >= 0.6 is 0 Å². The number of nitriles is 1. The lowest BCUT2D eigenvalue weighted by molar-refractivity contribution is -0.192. The van der Waals surface area contributed by atoms with Crippen LogP contribution in [0.5, 0.6) is 0 Å². The second-order valence-corrected chi connectivity index (χ2v) is 10.7. The maximum absolute atomic E-state index is 12.8. The molecule has 2 heterocycles. The molecule has 1 aliphatic rings. The number of halogens is 3. The first-order valence-corrected chi connectivity index (χ1v) is 13.7. The van der Waals surface area contributed by atoms with Crippen molar-refractivity contribution in [1.29, 1.82) is 5.26 Å². The number of carboxylic acid groups (broad SMARTS) is 1. The van der Waals surface area contributed by atoms with Gasteiger partial charge >= 0.3 is 18.1 Å². The van der Waals surface area contributed by atoms with Crippen molar-refractivity contribution in [2.45, 2.75) is 44.2 Å². The Labute approximate surface area is 234 Å². The first kappa shape index (κ1) is 33.0. The summed E-state index contributed by atoms with van der Waals surface area (Å²) < 4.78 is 63.8. The Kier molecular flexibility index (Phi) is 10.8. The molecular formula is C25H28F3N5O7S. The van der Waals surface area contributed by atoms with Gasteiger partial charge in [0.05, 0.1) is 34.7 Å². The number of aliphatic carboxylic acids is 1. The normalized spacial score (nSPS) is 14.6. The molecule has 0 unspecified atom stereocenters. The van der Waals surface area contributed by atoms with Crippen LogP contribution in [-0.2, 0) is 30.1 Å². The number of nitrogens with one attached hydrogen (secondary N) is 1. The van der Waals surface area contributed by atoms with Crippen LogP contribution in [0.15, 0.2) is 36.4 Å². The average molecular weight is 600 g/mol. The fraction of sp³-hybridized carbons (Fsp3) is 0.400. The minimum atomic E-state index is -5.08. The van der Waals surface area contributed by atoms with E-state index < -0.39 is 39.6 Å². The molecule has 2 aromatic rings. The first-order valence-electron chi connectivity index (χ1n) is 12.0. The minimum Gasteiger partial charge on any atom is -0.475 e. The number of ether oxygens (including phenoxy) is 1. The number of nitrogens with zero attached hydrogens (tertiary/aromatic N) is 3. The molecule has 1 fully saturated rings. The van der Waals surface area contributed by atoms with Crippen LogP contribution in [0.25, 0.3) is 0 Å². The van der Waals surface area contributed by atoms with Crippen molar-refractivity contribution < 1.29 is 45.8 Å². The van der Waals surface area contributed by atoms with E-state index in [9.17, 15) is 36.4 Å². The van der Waals surface area contributed by atoms with Crippen LogP contribution in [0.1, 0.15) is 46.9 Å². The number of amides is 1. The van der Waals surface area contributed by atoms with Crippen LogP contribution < -0.4 is 15.4 Å². The predicted molar refractivity (Wildman–Crippen MR) is 139 cm³/mol. The number of carboxylic acids is 1. The van der Waals surface area contributed by atoms with Crippen LogP contribution in [-0.4, -0.2) is 67.8 Å². The minimum absolute atomic E-state index is 0.158. The third-order valence-electron chi connectivity index (χ3n) is 5.91. The molecule has 1 saturated heterocycles. The Bertz CT molecular complexity index is 1420. The SMILES string of the molecule is CCOC(=O)c1cc(C#N)c(N2CCC(N)(C(=O)NS(=O)(=O)Cc3ccccc3)CC2)nc1C.O=C(O)C(F)(F)F. The van der Waals surface area contributed by atoms with E-state index in [4.69, 9.17) is 20.4 Å². The Hall–Kier alpha value is -4.23. The average Bonchev–Trinajstić information content (AvgIpc) is 2.89. The number of aryl methyl sites for hydroxylation is 1. The number of nitrogens with two attached hydrogens (primary N) is 1. The molecule has 16 heteroatoms. The number of piperidine rings is 1. The molecule has 1 aromatic carbocycles. The van der Waals surface area contributed by atoms with E-state index in [0.29, 0.717) is 17.1 Å². The lowest BCUT2D eigenvalue weighted by Gasteiger charge is -2.38. The number of benzene rings is 1. The van der Waals surface area contributed by atoms with Crippen molar-refractivity contribution in [1.82, 2.24) is 9.71 Å². The van der Waals surface area contributed by atoms with Crippen molar-refractivity contribution in [2.24, 2.45) is 5.73 Å². The molecule has 222 valence electrons. The highest BCUT2D eigenvalue weighted by molar-refractivity contribution is 7.89. The summed E-state index contributed by atoms with van der Waals surface area (Å²) in [5.74, 6) is -4.02. The molecule has 0 radical (unpaired) electrons. The summed E-state index contributed by atoms with van der Waals surface area (Å²) in [6.45, 7) is 4.11. The van der Waals surface area contributed by atoms with Crippen LogP contribution in [0.4, 0.5) is 19.0 Å². The number of rotatable bonds is 7. The highest BCUT2D eigenvalue weighted by Gasteiger charge is 2.40. The summed E-state index contributed by atoms with van der Waals surface area (Å²) in [7, 11) is -3.91. The van der Waals surface area contributed by atoms with Crippen LogP contribution in [0.3, 0.4) is 0 Å². The largest absolute Gasteiger partial charge is 0.490 e. The van der Waals surface area contributed by atoms with Gasteiger partial charge in [-0.1, -0.05) is 30.3 Å². The van der Waals surface area contributed by atoms with E-state index in [-0.39, 0.29) is 49.4 Å². The van der Waals surface area contributed by atoms with Gasteiger partial charge in [0.2, 0.25) is 10.0 Å². The van der Waals surface area contributed by atoms with Gasteiger partial charge in [0.15, 0.2) is 0 Å². The summed E-state index contributed by atoms with van der Waals surface area (Å²) in [5.41, 5.74) is 6.30. The van der Waals surface area contributed by atoms with Crippen molar-refractivity contribution in [2.75, 3.05) is 24.6 Å². The fourth-order valence-corrected chi connectivity index (χ4v) is 4.94. The van der Waals surface area contributed by atoms with E-state index in [2.05, 4.69) is 15.8 Å². The number of esters is 1. The van der Waals surface area contributed by atoms with Crippen LogP contribution in [0.2, 0.25) is 0 Å². The van der Waals surface area contributed by atoms with Crippen molar-refractivity contribution in [3.63, 3.8) is 0 Å². The number of alkyl halides is 3. The smallest absolute Gasteiger partial charge is 0.475 e. The molecule has 41 heavy (non-hydrogen) atoms. The Morgan fingerprint density at radius 3 is 2.27 bits per heavy atom. The molecule has 0 atom stereocenters. The zero-order chi connectivity index (χ0) is 31.0. The summed E-state index contributed by atoms with van der Waals surface area (Å²) in [4.78, 5) is 40.0. The number of hydrogen-bond donors (Lipinski definition) is 3. The fourth-order valence-electron chi connectivity index (χ4n) is 3.75. The number of aromatic nitrogens is 1. The number of sulfonamides is 1. The van der Waals surface area contributed by atoms with E-state index in [1.54, 1.807) is 49.1 Å². The Morgan fingerprint density at radius 2 is 1.78 bits per heavy atom. The van der Waals surface area contributed by atoms with Gasteiger partial charge in [-0.05, 0) is 38.3 Å². The summed E-state index contributed by atoms with van der Waals surface area (Å²) in [5, 5.41) is 16.7. The summed E-state index contributed by atoms with van der Waals surface area (Å²) in [6.07, 6.45) is -4.77. The van der Waals surface area contributed by atoms with Gasteiger partial charge in [-0.2, -0.15) is 18.4 Å². The monoisotopic (exact) mass is 599 g/mol. The maximum Gasteiger partial charge on any atom is 0.490 e. The highest BCUT2D eigenvalue weighted by Crippen LogP contribution is 2.28. The van der Waals surface area contributed by atoms with Gasteiger partial charge < -0.3 is 20.5 Å². The molecule has 0 spiro atoms. The standard InChI is InChI=1S/C23H27N5O5S.C2HF3O2/c1-3-33-21(29)19-13-18(14-24)20(26-16(19)2)28-11-9-23(25,10-12-28)22(30)27-34(31,32)15-17-7-5-4-6-8-17;3-2(4,5)1(6)7/h4-8,13H,3,9-12,15,25H2,1-2H3,(H,27,30);(H,6,7). The van der Waals surface area contributed by atoms with E-state index in [1.807, 2.05) is 0 Å². The number of carbonyl (C=O) groups excluding carboxylic acids is 2. The molecule has 4 N–H and O–H groups in total. The Morgan fingerprint density at radius 1 is 1.22 bits per heavy atom. The van der Waals surface area contributed by atoms with Gasteiger partial charge in [0.1, 0.15) is 11.9 Å². The number of pyridine rings is 1. The molecule has 0 bridgehead atoms. The zero-order valence-electron chi connectivity index (χ0n) is 22.1. The topological polar surface area (TPSA) is 193 Å². The molecule has 1 aliphatic heterocycles. The summed E-state index contributed by atoms with van der Waals surface area (Å²) >= 11 is 0. The second-order valence-electron chi connectivity index (χ2n) is 8.95. The number of hydrogen-bond acceptors (Lipinski definition) is 10. The molecule has 1 amide bonds. The quantitative estimate of drug-likeness (QED) is 0.394. The first-order chi connectivity index (χ1) is 19.0. The molecule has 0 aliphatic carbocycles. The molecule has 1 aromatic heterocycles. The van der Waals surface area contributed by atoms with Gasteiger partial charge in [0.25, 0.3) is 5.91 Å². The van der Waals surface area contributed by atoms with Gasteiger partial charge in [-0.25, -0.2) is 23.0 Å². The van der Waals surface area contributed by atoms with E-state index >= 15 is 0 Å². The molecular weight excluding hydrogens is 571 g/mol. The summed E-state index contributed by atoms with van der Waals surface area (Å²) in [6, 6.07) is 12.0. The third kappa shape index (κ3) is 9.15. The number of carbonyl (C=O) groups is 3. The van der Waals surface area contributed by atoms with E-state index in [1.165, 1.54) is 6.07 Å². The van der Waals surface area contributed by atoms with Gasteiger partial charge in [-0.15, -0.1) is 0 Å². The van der Waals surface area contributed by atoms with Crippen molar-refractivity contribution in [3.05, 3.63) is 58.8 Å². The van der Waals surface area contributed by atoms with Crippen molar-refractivity contribution in [3.8, 4) is 6.07 Å². The maximum atomic E-state index is 12.8. The second kappa shape index (κ2) is 13.4. The molecule has 0 saturated carbocycles. The Balaban J connectivity index is 0.000000745.